The van der Waals surface area contributed by atoms with Crippen LogP contribution in [0.3, 0.4) is 0 Å². The summed E-state index contributed by atoms with van der Waals surface area (Å²) in [5, 5.41) is 3.94. The smallest absolute Gasteiger partial charge is 0.255 e. The Labute approximate surface area is 220 Å². The summed E-state index contributed by atoms with van der Waals surface area (Å²) in [6.45, 7) is 1.16. The second-order valence-electron chi connectivity index (χ2n) is 8.47. The van der Waals surface area contributed by atoms with Crippen molar-refractivity contribution in [2.24, 2.45) is 0 Å². The van der Waals surface area contributed by atoms with Crippen molar-refractivity contribution in [1.82, 2.24) is 19.8 Å². The van der Waals surface area contributed by atoms with E-state index < -0.39 is 10.0 Å². The molecule has 4 rings (SSSR count). The van der Waals surface area contributed by atoms with Crippen molar-refractivity contribution in [2.45, 2.75) is 42.0 Å². The topological polar surface area (TPSA) is 124 Å². The number of hydrogen-bond acceptors (Lipinski definition) is 9. The summed E-state index contributed by atoms with van der Waals surface area (Å²) in [6.07, 6.45) is 5.97. The van der Waals surface area contributed by atoms with Crippen LogP contribution in [-0.2, 0) is 16.6 Å². The maximum absolute atomic E-state index is 13.3. The van der Waals surface area contributed by atoms with Crippen LogP contribution < -0.4 is 14.2 Å². The molecule has 1 fully saturated rings. The molecule has 1 N–H and O–H groups in total. The van der Waals surface area contributed by atoms with Gasteiger partial charge in [0.05, 0.1) is 31.2 Å². The van der Waals surface area contributed by atoms with Crippen LogP contribution in [0.1, 0.15) is 41.9 Å². The zero-order chi connectivity index (χ0) is 26.4. The van der Waals surface area contributed by atoms with E-state index >= 15 is 0 Å². The summed E-state index contributed by atoms with van der Waals surface area (Å²) in [7, 11) is -0.882. The Morgan fingerprint density at radius 2 is 1.78 bits per heavy atom. The van der Waals surface area contributed by atoms with Crippen LogP contribution >= 0.6 is 11.8 Å². The summed E-state index contributed by atoms with van der Waals surface area (Å²) in [5.74, 6) is 1.30. The van der Waals surface area contributed by atoms with Crippen molar-refractivity contribution in [1.29, 1.82) is 0 Å². The van der Waals surface area contributed by atoms with Crippen molar-refractivity contribution in [3.63, 3.8) is 0 Å². The first-order chi connectivity index (χ1) is 17.9. The van der Waals surface area contributed by atoms with E-state index in [4.69, 9.17) is 14.0 Å². The Morgan fingerprint density at radius 1 is 1.05 bits per heavy atom. The number of ether oxygens (including phenoxy) is 2. The molecule has 0 atom stereocenters. The molecule has 1 aliphatic heterocycles. The van der Waals surface area contributed by atoms with Crippen molar-refractivity contribution in [3.05, 3.63) is 47.9 Å². The van der Waals surface area contributed by atoms with Crippen molar-refractivity contribution in [2.75, 3.05) is 33.6 Å². The van der Waals surface area contributed by atoms with E-state index in [1.807, 2.05) is 11.2 Å². The molecule has 1 aromatic heterocycles. The van der Waals surface area contributed by atoms with Gasteiger partial charge in [-0.15, -0.1) is 11.8 Å². The number of likely N-dealkylation sites (tertiary alicyclic amines) is 1. The highest BCUT2D eigenvalue weighted by Crippen LogP contribution is 2.31. The maximum Gasteiger partial charge on any atom is 0.255 e. The largest absolute Gasteiger partial charge is 0.493 e. The van der Waals surface area contributed by atoms with Crippen molar-refractivity contribution in [3.8, 4) is 22.9 Å². The van der Waals surface area contributed by atoms with Crippen LogP contribution in [-0.4, -0.2) is 62.9 Å². The van der Waals surface area contributed by atoms with Crippen LogP contribution in [0.15, 0.2) is 50.7 Å². The molecule has 0 bridgehead atoms. The van der Waals surface area contributed by atoms with Gasteiger partial charge in [-0.25, -0.2) is 13.1 Å². The van der Waals surface area contributed by atoms with Gasteiger partial charge in [-0.1, -0.05) is 18.0 Å². The number of carbonyl (C=O) groups is 1. The molecule has 2 aromatic carbocycles. The molecule has 198 valence electrons. The zero-order valence-corrected chi connectivity index (χ0v) is 22.7. The first kappa shape index (κ1) is 27.0. The predicted molar refractivity (Wildman–Crippen MR) is 139 cm³/mol. The van der Waals surface area contributed by atoms with Crippen LogP contribution in [0.5, 0.6) is 11.5 Å². The third-order valence-corrected chi connectivity index (χ3v) is 8.32. The van der Waals surface area contributed by atoms with E-state index in [0.29, 0.717) is 35.7 Å². The number of aromatic nitrogens is 2. The lowest BCUT2D eigenvalue weighted by Crippen LogP contribution is -2.32. The van der Waals surface area contributed by atoms with Gasteiger partial charge in [0.25, 0.3) is 5.91 Å². The van der Waals surface area contributed by atoms with Gasteiger partial charge in [0.15, 0.2) is 11.5 Å². The second-order valence-corrected chi connectivity index (χ2v) is 11.1. The summed E-state index contributed by atoms with van der Waals surface area (Å²) in [6, 6.07) is 9.78. The molecule has 0 radical (unpaired) electrons. The quantitative estimate of drug-likeness (QED) is 0.397. The fourth-order valence-electron chi connectivity index (χ4n) is 4.12. The number of nitrogens with zero attached hydrogens (tertiary/aromatic N) is 3. The molecule has 0 spiro atoms. The molecular weight excluding hydrogens is 516 g/mol. The molecule has 0 aliphatic carbocycles. The normalized spacial score (nSPS) is 14.3. The van der Waals surface area contributed by atoms with Gasteiger partial charge in [-0.2, -0.15) is 4.98 Å². The number of nitrogens with one attached hydrogen (secondary N) is 1. The molecule has 0 unspecified atom stereocenters. The van der Waals surface area contributed by atoms with Gasteiger partial charge in [-0.3, -0.25) is 4.79 Å². The Hall–Kier alpha value is -3.09. The van der Waals surface area contributed by atoms with E-state index in [-0.39, 0.29) is 29.1 Å². The minimum atomic E-state index is -3.95. The summed E-state index contributed by atoms with van der Waals surface area (Å²) >= 11 is 1.42. The molecule has 3 aromatic rings. The van der Waals surface area contributed by atoms with Gasteiger partial charge in [-0.05, 0) is 55.5 Å². The van der Waals surface area contributed by atoms with Gasteiger partial charge in [0.2, 0.25) is 21.7 Å². The van der Waals surface area contributed by atoms with Crippen LogP contribution in [0.25, 0.3) is 11.4 Å². The first-order valence-corrected chi connectivity index (χ1v) is 14.6. The number of carbonyl (C=O) groups excluding carboxylic acids is 1. The van der Waals surface area contributed by atoms with Gasteiger partial charge < -0.3 is 18.9 Å². The van der Waals surface area contributed by atoms with E-state index in [1.54, 1.807) is 31.4 Å². The fourth-order valence-corrected chi connectivity index (χ4v) is 5.70. The minimum Gasteiger partial charge on any atom is -0.493 e. The number of rotatable bonds is 9. The number of hydrogen-bond donors (Lipinski definition) is 1. The van der Waals surface area contributed by atoms with E-state index in [1.165, 1.54) is 31.0 Å². The lowest BCUT2D eigenvalue weighted by molar-refractivity contribution is 0.0758. The highest BCUT2D eigenvalue weighted by Gasteiger charge is 2.24. The number of methoxy groups -OCH3 is 2. The van der Waals surface area contributed by atoms with Crippen LogP contribution in [0, 0.1) is 0 Å². The van der Waals surface area contributed by atoms with Crippen molar-refractivity contribution >= 4 is 27.7 Å². The van der Waals surface area contributed by atoms with Gasteiger partial charge in [0, 0.05) is 23.5 Å². The minimum absolute atomic E-state index is 0.00287. The maximum atomic E-state index is 13.3. The molecule has 1 aliphatic rings. The summed E-state index contributed by atoms with van der Waals surface area (Å²) in [4.78, 5) is 20.1. The molecule has 12 heteroatoms. The van der Waals surface area contributed by atoms with E-state index in [2.05, 4.69) is 14.9 Å². The number of amides is 1. The SMILES string of the molecule is COc1ccc(-c2noc(CNS(=O)(=O)c3ccc(SC)c(C(=O)N4CCCCCC4)c3)n2)cc1OC. The highest BCUT2D eigenvalue weighted by atomic mass is 32.2. The molecule has 37 heavy (non-hydrogen) atoms. The third kappa shape index (κ3) is 6.25. The second kappa shape index (κ2) is 12.0. The average Bonchev–Trinajstić information content (AvgIpc) is 3.24. The van der Waals surface area contributed by atoms with Crippen LogP contribution in [0.2, 0.25) is 0 Å². The number of benzene rings is 2. The number of sulfonamides is 1. The highest BCUT2D eigenvalue weighted by molar-refractivity contribution is 7.98. The Morgan fingerprint density at radius 3 is 2.46 bits per heavy atom. The molecule has 10 nitrogen and oxygen atoms in total. The monoisotopic (exact) mass is 546 g/mol. The molecule has 2 heterocycles. The Balaban J connectivity index is 1.50. The lowest BCUT2D eigenvalue weighted by atomic mass is 10.2. The van der Waals surface area contributed by atoms with Gasteiger partial charge in [0.1, 0.15) is 0 Å². The predicted octanol–water partition coefficient (Wildman–Crippen LogP) is 3.97. The molecule has 1 amide bonds. The summed E-state index contributed by atoms with van der Waals surface area (Å²) in [5.41, 5.74) is 1.02. The zero-order valence-electron chi connectivity index (χ0n) is 21.0. The summed E-state index contributed by atoms with van der Waals surface area (Å²) < 4.78 is 44.4. The molecule has 0 saturated carbocycles. The standard InChI is InChI=1S/C25H30N4O6S2/c1-33-20-10-8-17(14-21(20)34-2)24-27-23(35-28-24)16-26-37(31,32)18-9-11-22(36-3)19(15-18)25(30)29-12-6-4-5-7-13-29/h8-11,14-15,26H,4-7,12-13,16H2,1-3H3. The van der Waals surface area contributed by atoms with Crippen molar-refractivity contribution < 1.29 is 27.2 Å². The Kier molecular flexibility index (Phi) is 8.72. The molecule has 1 saturated heterocycles. The van der Waals surface area contributed by atoms with Crippen LogP contribution in [0.4, 0.5) is 0 Å². The van der Waals surface area contributed by atoms with E-state index in [0.717, 1.165) is 30.6 Å². The average molecular weight is 547 g/mol. The lowest BCUT2D eigenvalue weighted by Gasteiger charge is -2.22. The van der Waals surface area contributed by atoms with E-state index in [9.17, 15) is 13.2 Å². The third-order valence-electron chi connectivity index (χ3n) is 6.13. The molecular formula is C25H30N4O6S2. The number of thioether (sulfide) groups is 1. The van der Waals surface area contributed by atoms with Gasteiger partial charge >= 0.3 is 0 Å². The Bertz CT molecular complexity index is 1350. The fraction of sp³-hybridized carbons (Fsp3) is 0.400. The first-order valence-electron chi connectivity index (χ1n) is 11.9.